The molecule has 6 nitrogen and oxygen atoms in total. The first-order chi connectivity index (χ1) is 11.9. The van der Waals surface area contributed by atoms with Crippen LogP contribution in [0.15, 0.2) is 28.7 Å². The van der Waals surface area contributed by atoms with E-state index in [9.17, 15) is 4.79 Å². The number of hydrogen-bond acceptors (Lipinski definition) is 5. The maximum atomic E-state index is 12.5. The SMILES string of the molecule is Cc1nc(C(C)C)c(C(=O)Nc2ccc(N3CCN(C)CC3)cc2)o1. The maximum absolute atomic E-state index is 12.5. The number of oxazole rings is 1. The minimum atomic E-state index is -0.253. The number of hydrogen-bond donors (Lipinski definition) is 1. The van der Waals surface area contributed by atoms with E-state index in [-0.39, 0.29) is 11.8 Å². The van der Waals surface area contributed by atoms with Crippen LogP contribution >= 0.6 is 0 Å². The third-order valence-corrected chi connectivity index (χ3v) is 4.51. The second-order valence-corrected chi connectivity index (χ2v) is 6.89. The van der Waals surface area contributed by atoms with Gasteiger partial charge < -0.3 is 19.5 Å². The first-order valence-electron chi connectivity index (χ1n) is 8.76. The fourth-order valence-corrected chi connectivity index (χ4v) is 3.01. The fourth-order valence-electron chi connectivity index (χ4n) is 3.01. The molecule has 134 valence electrons. The van der Waals surface area contributed by atoms with Crippen LogP contribution in [0.5, 0.6) is 0 Å². The number of likely N-dealkylation sites (N-methyl/N-ethyl adjacent to an activating group) is 1. The van der Waals surface area contributed by atoms with Crippen molar-refractivity contribution in [3.05, 3.63) is 41.6 Å². The molecule has 3 rings (SSSR count). The van der Waals surface area contributed by atoms with Gasteiger partial charge in [-0.15, -0.1) is 0 Å². The summed E-state index contributed by atoms with van der Waals surface area (Å²) in [6.45, 7) is 9.95. The number of anilines is 2. The molecule has 1 aliphatic rings. The number of aryl methyl sites for hydroxylation is 1. The zero-order valence-electron chi connectivity index (χ0n) is 15.4. The first-order valence-corrected chi connectivity index (χ1v) is 8.76. The molecule has 1 aromatic heterocycles. The van der Waals surface area contributed by atoms with Gasteiger partial charge in [0, 0.05) is 44.5 Å². The molecule has 0 unspecified atom stereocenters. The van der Waals surface area contributed by atoms with Gasteiger partial charge in [-0.3, -0.25) is 4.79 Å². The van der Waals surface area contributed by atoms with Crippen LogP contribution in [0.3, 0.4) is 0 Å². The number of nitrogens with one attached hydrogen (secondary N) is 1. The highest BCUT2D eigenvalue weighted by atomic mass is 16.4. The number of aromatic nitrogens is 1. The van der Waals surface area contributed by atoms with Gasteiger partial charge in [-0.2, -0.15) is 0 Å². The van der Waals surface area contributed by atoms with Crippen LogP contribution in [0.1, 0.15) is 41.9 Å². The van der Waals surface area contributed by atoms with Gasteiger partial charge in [0.2, 0.25) is 5.76 Å². The summed E-state index contributed by atoms with van der Waals surface area (Å²) in [5.74, 6) is 0.698. The summed E-state index contributed by atoms with van der Waals surface area (Å²) >= 11 is 0. The molecule has 1 aliphatic heterocycles. The van der Waals surface area contributed by atoms with Gasteiger partial charge in [-0.1, -0.05) is 13.8 Å². The van der Waals surface area contributed by atoms with Crippen LogP contribution in [0.2, 0.25) is 0 Å². The lowest BCUT2D eigenvalue weighted by atomic mass is 10.1. The fraction of sp³-hybridized carbons (Fsp3) is 0.474. The number of piperazine rings is 1. The number of carbonyl (C=O) groups is 1. The van der Waals surface area contributed by atoms with Crippen molar-refractivity contribution in [3.63, 3.8) is 0 Å². The van der Waals surface area contributed by atoms with Gasteiger partial charge >= 0.3 is 0 Å². The Morgan fingerprint density at radius 3 is 2.40 bits per heavy atom. The van der Waals surface area contributed by atoms with Gasteiger partial charge in [-0.05, 0) is 37.2 Å². The lowest BCUT2D eigenvalue weighted by Gasteiger charge is -2.34. The monoisotopic (exact) mass is 342 g/mol. The van der Waals surface area contributed by atoms with E-state index in [0.717, 1.165) is 31.9 Å². The molecule has 0 spiro atoms. The Morgan fingerprint density at radius 2 is 1.80 bits per heavy atom. The highest BCUT2D eigenvalue weighted by Gasteiger charge is 2.21. The summed E-state index contributed by atoms with van der Waals surface area (Å²) in [5.41, 5.74) is 2.64. The van der Waals surface area contributed by atoms with Crippen molar-refractivity contribution in [1.29, 1.82) is 0 Å². The van der Waals surface area contributed by atoms with E-state index < -0.39 is 0 Å². The number of amides is 1. The second-order valence-electron chi connectivity index (χ2n) is 6.89. The molecule has 2 heterocycles. The summed E-state index contributed by atoms with van der Waals surface area (Å²) in [5, 5.41) is 2.90. The Balaban J connectivity index is 1.68. The molecule has 6 heteroatoms. The van der Waals surface area contributed by atoms with E-state index in [2.05, 4.69) is 39.3 Å². The molecule has 1 N–H and O–H groups in total. The average molecular weight is 342 g/mol. The van der Waals surface area contributed by atoms with Crippen molar-refractivity contribution in [2.45, 2.75) is 26.7 Å². The van der Waals surface area contributed by atoms with Crippen molar-refractivity contribution in [2.75, 3.05) is 43.4 Å². The topological polar surface area (TPSA) is 61.6 Å². The summed E-state index contributed by atoms with van der Waals surface area (Å²) in [6.07, 6.45) is 0. The van der Waals surface area contributed by atoms with E-state index in [1.807, 2.05) is 26.0 Å². The smallest absolute Gasteiger partial charge is 0.293 e. The normalized spacial score (nSPS) is 15.6. The van der Waals surface area contributed by atoms with Crippen LogP contribution in [-0.4, -0.2) is 49.0 Å². The summed E-state index contributed by atoms with van der Waals surface area (Å²) in [6, 6.07) is 7.97. The molecule has 1 amide bonds. The van der Waals surface area contributed by atoms with Crippen molar-refractivity contribution >= 4 is 17.3 Å². The average Bonchev–Trinajstić information content (AvgIpc) is 2.99. The second kappa shape index (κ2) is 7.27. The Bertz CT molecular complexity index is 728. The molecular weight excluding hydrogens is 316 g/mol. The molecule has 0 aliphatic carbocycles. The summed E-state index contributed by atoms with van der Waals surface area (Å²) in [7, 11) is 2.15. The predicted molar refractivity (Wildman–Crippen MR) is 99.4 cm³/mol. The van der Waals surface area contributed by atoms with Crippen molar-refractivity contribution in [3.8, 4) is 0 Å². The van der Waals surface area contributed by atoms with E-state index in [1.165, 1.54) is 5.69 Å². The van der Waals surface area contributed by atoms with Crippen molar-refractivity contribution in [2.24, 2.45) is 0 Å². The van der Waals surface area contributed by atoms with Crippen LogP contribution < -0.4 is 10.2 Å². The molecule has 1 aromatic carbocycles. The summed E-state index contributed by atoms with van der Waals surface area (Å²) < 4.78 is 5.50. The predicted octanol–water partition coefficient (Wildman–Crippen LogP) is 3.11. The minimum Gasteiger partial charge on any atom is -0.436 e. The number of benzene rings is 1. The molecule has 2 aromatic rings. The van der Waals surface area contributed by atoms with Gasteiger partial charge in [0.25, 0.3) is 5.91 Å². The lowest BCUT2D eigenvalue weighted by Crippen LogP contribution is -2.44. The quantitative estimate of drug-likeness (QED) is 0.925. The number of nitrogens with zero attached hydrogens (tertiary/aromatic N) is 3. The highest BCUT2D eigenvalue weighted by molar-refractivity contribution is 6.03. The van der Waals surface area contributed by atoms with E-state index >= 15 is 0 Å². The molecule has 0 saturated carbocycles. The van der Waals surface area contributed by atoms with Gasteiger partial charge in [0.15, 0.2) is 5.89 Å². The third kappa shape index (κ3) is 4.02. The zero-order valence-corrected chi connectivity index (χ0v) is 15.4. The van der Waals surface area contributed by atoms with Gasteiger partial charge in [-0.25, -0.2) is 4.98 Å². The van der Waals surface area contributed by atoms with E-state index in [0.29, 0.717) is 17.3 Å². The van der Waals surface area contributed by atoms with Crippen LogP contribution in [-0.2, 0) is 0 Å². The first kappa shape index (κ1) is 17.5. The molecule has 25 heavy (non-hydrogen) atoms. The Morgan fingerprint density at radius 1 is 1.16 bits per heavy atom. The standard InChI is InChI=1S/C19H26N4O2/c1-13(2)17-18(25-14(3)20-17)19(24)21-15-5-7-16(8-6-15)23-11-9-22(4)10-12-23/h5-8,13H,9-12H2,1-4H3,(H,21,24). The summed E-state index contributed by atoms with van der Waals surface area (Å²) in [4.78, 5) is 21.5. The molecular formula is C19H26N4O2. The minimum absolute atomic E-state index is 0.137. The maximum Gasteiger partial charge on any atom is 0.293 e. The molecule has 1 saturated heterocycles. The lowest BCUT2D eigenvalue weighted by molar-refractivity contribution is 0.0993. The Hall–Kier alpha value is -2.34. The van der Waals surface area contributed by atoms with Gasteiger partial charge in [0.05, 0.1) is 5.69 Å². The highest BCUT2D eigenvalue weighted by Crippen LogP contribution is 2.23. The van der Waals surface area contributed by atoms with E-state index in [1.54, 1.807) is 6.92 Å². The Labute approximate surface area is 148 Å². The number of rotatable bonds is 4. The van der Waals surface area contributed by atoms with Crippen LogP contribution in [0, 0.1) is 6.92 Å². The third-order valence-electron chi connectivity index (χ3n) is 4.51. The van der Waals surface area contributed by atoms with Gasteiger partial charge in [0.1, 0.15) is 0 Å². The zero-order chi connectivity index (χ0) is 18.0. The largest absolute Gasteiger partial charge is 0.436 e. The molecule has 0 radical (unpaired) electrons. The molecule has 0 atom stereocenters. The van der Waals surface area contributed by atoms with Crippen LogP contribution in [0.25, 0.3) is 0 Å². The van der Waals surface area contributed by atoms with Crippen molar-refractivity contribution < 1.29 is 9.21 Å². The van der Waals surface area contributed by atoms with Crippen molar-refractivity contribution in [1.82, 2.24) is 9.88 Å². The molecule has 1 fully saturated rings. The number of carbonyl (C=O) groups excluding carboxylic acids is 1. The van der Waals surface area contributed by atoms with E-state index in [4.69, 9.17) is 4.42 Å². The van der Waals surface area contributed by atoms with Crippen LogP contribution in [0.4, 0.5) is 11.4 Å². The Kier molecular flexibility index (Phi) is 5.08. The molecule has 0 bridgehead atoms.